The fourth-order valence-corrected chi connectivity index (χ4v) is 4.42. The maximum absolute atomic E-state index is 12.8. The van der Waals surface area contributed by atoms with E-state index in [0.717, 1.165) is 48.8 Å². The lowest BCUT2D eigenvalue weighted by Gasteiger charge is -2.20. The summed E-state index contributed by atoms with van der Waals surface area (Å²) in [6.07, 6.45) is 4.87. The number of hydrogen-bond acceptors (Lipinski definition) is 4. The lowest BCUT2D eigenvalue weighted by molar-refractivity contribution is -0.131. The van der Waals surface area contributed by atoms with Gasteiger partial charge >= 0.3 is 0 Å². The Balaban J connectivity index is 1.41. The molecule has 2 amide bonds. The van der Waals surface area contributed by atoms with Gasteiger partial charge in [-0.15, -0.1) is 0 Å². The first-order chi connectivity index (χ1) is 15.0. The number of nitrogens with one attached hydrogen (secondary N) is 1. The molecule has 0 bridgehead atoms. The van der Waals surface area contributed by atoms with Crippen LogP contribution in [0.3, 0.4) is 0 Å². The van der Waals surface area contributed by atoms with E-state index in [9.17, 15) is 9.59 Å². The van der Waals surface area contributed by atoms with E-state index < -0.39 is 0 Å². The van der Waals surface area contributed by atoms with Gasteiger partial charge in [-0.3, -0.25) is 9.59 Å². The molecule has 2 aliphatic rings. The second-order valence-electron chi connectivity index (χ2n) is 8.25. The Labute approximate surface area is 183 Å². The van der Waals surface area contributed by atoms with Crippen LogP contribution in [-0.4, -0.2) is 54.1 Å². The number of aromatic nitrogens is 1. The van der Waals surface area contributed by atoms with Crippen molar-refractivity contribution >= 4 is 11.8 Å². The molecule has 0 saturated carbocycles. The first-order valence-corrected chi connectivity index (χ1v) is 11.2. The van der Waals surface area contributed by atoms with E-state index in [1.54, 1.807) is 0 Å². The van der Waals surface area contributed by atoms with E-state index in [-0.39, 0.29) is 11.8 Å². The Morgan fingerprint density at radius 1 is 0.968 bits per heavy atom. The minimum atomic E-state index is -0.152. The van der Waals surface area contributed by atoms with Gasteiger partial charge in [0.05, 0.1) is 5.56 Å². The minimum absolute atomic E-state index is 0.129. The lowest BCUT2D eigenvalue weighted by atomic mass is 10.2. The van der Waals surface area contributed by atoms with E-state index in [1.807, 2.05) is 47.6 Å². The molecular weight excluding hydrogens is 394 g/mol. The zero-order chi connectivity index (χ0) is 21.8. The summed E-state index contributed by atoms with van der Waals surface area (Å²) in [6, 6.07) is 7.69. The van der Waals surface area contributed by atoms with Crippen LogP contribution in [0, 0.1) is 13.8 Å². The van der Waals surface area contributed by atoms with Crippen molar-refractivity contribution < 1.29 is 19.1 Å². The molecule has 1 aromatic heterocycles. The second-order valence-corrected chi connectivity index (χ2v) is 8.25. The summed E-state index contributed by atoms with van der Waals surface area (Å²) in [6.45, 7) is 7.02. The molecular formula is C24H31N3O4. The Bertz CT molecular complexity index is 958. The van der Waals surface area contributed by atoms with Crippen molar-refractivity contribution in [1.29, 1.82) is 0 Å². The molecule has 3 heterocycles. The number of nitrogens with zero attached hydrogens (tertiary/aromatic N) is 2. The fraction of sp³-hybridized carbons (Fsp3) is 0.500. The average Bonchev–Trinajstić information content (AvgIpc) is 2.94. The van der Waals surface area contributed by atoms with Gasteiger partial charge in [-0.25, -0.2) is 0 Å². The van der Waals surface area contributed by atoms with Crippen molar-refractivity contribution in [2.24, 2.45) is 0 Å². The number of carbonyl (C=O) groups is 2. The number of fused-ring (bicyclic) bond motifs is 1. The summed E-state index contributed by atoms with van der Waals surface area (Å²) < 4.78 is 13.3. The highest BCUT2D eigenvalue weighted by Crippen LogP contribution is 2.33. The van der Waals surface area contributed by atoms with Gasteiger partial charge in [-0.05, 0) is 44.9 Å². The Morgan fingerprint density at radius 2 is 1.68 bits per heavy atom. The molecule has 7 nitrogen and oxygen atoms in total. The van der Waals surface area contributed by atoms with Gasteiger partial charge in [0, 0.05) is 49.2 Å². The topological polar surface area (TPSA) is 72.8 Å². The van der Waals surface area contributed by atoms with Crippen molar-refractivity contribution in [2.45, 2.75) is 46.0 Å². The number of rotatable bonds is 5. The third kappa shape index (κ3) is 4.70. The average molecular weight is 426 g/mol. The normalized spacial score (nSPS) is 16.0. The number of carbonyl (C=O) groups excluding carboxylic acids is 2. The highest BCUT2D eigenvalue weighted by atomic mass is 16.6. The maximum Gasteiger partial charge on any atom is 0.253 e. The summed E-state index contributed by atoms with van der Waals surface area (Å²) in [5.41, 5.74) is 3.36. The first-order valence-electron chi connectivity index (χ1n) is 11.2. The molecule has 0 radical (unpaired) electrons. The molecule has 1 saturated heterocycles. The molecule has 1 N–H and O–H groups in total. The van der Waals surface area contributed by atoms with E-state index in [0.29, 0.717) is 37.5 Å². The summed E-state index contributed by atoms with van der Waals surface area (Å²) in [7, 11) is 0. The van der Waals surface area contributed by atoms with Gasteiger partial charge in [-0.1, -0.05) is 12.8 Å². The largest absolute Gasteiger partial charge is 0.486 e. The molecule has 0 unspecified atom stereocenters. The van der Waals surface area contributed by atoms with E-state index >= 15 is 0 Å². The predicted molar refractivity (Wildman–Crippen MR) is 118 cm³/mol. The number of likely N-dealkylation sites (tertiary alicyclic amines) is 1. The van der Waals surface area contributed by atoms with Crippen molar-refractivity contribution in [3.8, 4) is 17.2 Å². The summed E-state index contributed by atoms with van der Waals surface area (Å²) >= 11 is 0. The minimum Gasteiger partial charge on any atom is -0.486 e. The van der Waals surface area contributed by atoms with Gasteiger partial charge in [0.15, 0.2) is 11.5 Å². The monoisotopic (exact) mass is 425 g/mol. The summed E-state index contributed by atoms with van der Waals surface area (Å²) in [5, 5.41) is 2.92. The molecule has 7 heteroatoms. The third-order valence-electron chi connectivity index (χ3n) is 6.04. The van der Waals surface area contributed by atoms with Gasteiger partial charge < -0.3 is 24.3 Å². The van der Waals surface area contributed by atoms with Crippen molar-refractivity contribution in [1.82, 2.24) is 14.8 Å². The zero-order valence-electron chi connectivity index (χ0n) is 18.4. The molecule has 0 aliphatic carbocycles. The van der Waals surface area contributed by atoms with Crippen LogP contribution in [0.1, 0.15) is 53.8 Å². The number of aryl methyl sites for hydroxylation is 1. The van der Waals surface area contributed by atoms with Gasteiger partial charge in [0.25, 0.3) is 5.91 Å². The molecule has 166 valence electrons. The van der Waals surface area contributed by atoms with Crippen LogP contribution in [0.4, 0.5) is 0 Å². The van der Waals surface area contributed by atoms with E-state index in [1.165, 1.54) is 12.8 Å². The van der Waals surface area contributed by atoms with Crippen LogP contribution in [-0.2, 0) is 4.79 Å². The van der Waals surface area contributed by atoms with Crippen LogP contribution in [0.5, 0.6) is 11.5 Å². The first kappa shape index (κ1) is 21.3. The molecule has 0 atom stereocenters. The van der Waals surface area contributed by atoms with Crippen LogP contribution in [0.25, 0.3) is 5.69 Å². The number of benzene rings is 1. The second kappa shape index (κ2) is 9.45. The van der Waals surface area contributed by atoms with Gasteiger partial charge in [-0.2, -0.15) is 0 Å². The zero-order valence-corrected chi connectivity index (χ0v) is 18.4. The SMILES string of the molecule is Cc1cc(C(=O)NCCC(=O)N2CCCCCC2)c(C)n1-c1ccc2c(c1)OCCO2. The van der Waals surface area contributed by atoms with Crippen LogP contribution < -0.4 is 14.8 Å². The van der Waals surface area contributed by atoms with Gasteiger partial charge in [0.1, 0.15) is 13.2 Å². The van der Waals surface area contributed by atoms with Crippen molar-refractivity contribution in [3.05, 3.63) is 41.2 Å². The van der Waals surface area contributed by atoms with Crippen LogP contribution >= 0.6 is 0 Å². The standard InChI is InChI=1S/C24H31N3O4/c1-17-15-20(24(29)25-10-9-23(28)26-11-5-3-4-6-12-26)18(2)27(17)19-7-8-21-22(16-19)31-14-13-30-21/h7-8,15-16H,3-6,9-14H2,1-2H3,(H,25,29). The maximum atomic E-state index is 12.8. The lowest BCUT2D eigenvalue weighted by Crippen LogP contribution is -2.35. The van der Waals surface area contributed by atoms with Gasteiger partial charge in [0.2, 0.25) is 5.91 Å². The number of hydrogen-bond donors (Lipinski definition) is 1. The highest BCUT2D eigenvalue weighted by Gasteiger charge is 2.20. The summed E-state index contributed by atoms with van der Waals surface area (Å²) in [5.74, 6) is 1.43. The summed E-state index contributed by atoms with van der Waals surface area (Å²) in [4.78, 5) is 27.2. The van der Waals surface area contributed by atoms with Crippen molar-refractivity contribution in [3.63, 3.8) is 0 Å². The molecule has 2 aliphatic heterocycles. The Morgan fingerprint density at radius 3 is 2.42 bits per heavy atom. The number of amides is 2. The smallest absolute Gasteiger partial charge is 0.253 e. The molecule has 2 aromatic rings. The molecule has 31 heavy (non-hydrogen) atoms. The molecule has 1 fully saturated rings. The van der Waals surface area contributed by atoms with E-state index in [4.69, 9.17) is 9.47 Å². The predicted octanol–water partition coefficient (Wildman–Crippen LogP) is 3.39. The highest BCUT2D eigenvalue weighted by molar-refractivity contribution is 5.96. The molecule has 4 rings (SSSR count). The van der Waals surface area contributed by atoms with E-state index in [2.05, 4.69) is 5.32 Å². The van der Waals surface area contributed by atoms with Crippen LogP contribution in [0.2, 0.25) is 0 Å². The van der Waals surface area contributed by atoms with Crippen molar-refractivity contribution in [2.75, 3.05) is 32.8 Å². The molecule has 0 spiro atoms. The molecule has 1 aromatic carbocycles. The Kier molecular flexibility index (Phi) is 6.49. The van der Waals surface area contributed by atoms with Crippen LogP contribution in [0.15, 0.2) is 24.3 Å². The quantitative estimate of drug-likeness (QED) is 0.797. The third-order valence-corrected chi connectivity index (χ3v) is 6.04. The fourth-order valence-electron chi connectivity index (χ4n) is 4.42. The number of ether oxygens (including phenoxy) is 2. The Hall–Kier alpha value is -2.96.